The van der Waals surface area contributed by atoms with Gasteiger partial charge in [0.05, 0.1) is 18.0 Å². The first-order valence-electron chi connectivity index (χ1n) is 8.61. The molecule has 0 bridgehead atoms. The van der Waals surface area contributed by atoms with E-state index in [9.17, 15) is 0 Å². The highest BCUT2D eigenvalue weighted by molar-refractivity contribution is 6.30. The summed E-state index contributed by atoms with van der Waals surface area (Å²) in [6.07, 6.45) is 0. The van der Waals surface area contributed by atoms with Crippen molar-refractivity contribution in [3.63, 3.8) is 0 Å². The van der Waals surface area contributed by atoms with E-state index in [1.54, 1.807) is 0 Å². The van der Waals surface area contributed by atoms with Crippen LogP contribution in [0.5, 0.6) is 0 Å². The fraction of sp³-hybridized carbons (Fsp3) is 0.368. The Labute approximate surface area is 148 Å². The van der Waals surface area contributed by atoms with Crippen LogP contribution in [0.3, 0.4) is 0 Å². The van der Waals surface area contributed by atoms with Crippen molar-refractivity contribution in [2.24, 2.45) is 0 Å². The van der Waals surface area contributed by atoms with E-state index in [0.717, 1.165) is 51.0 Å². The maximum atomic E-state index is 6.05. The Hall–Kier alpha value is -1.75. The van der Waals surface area contributed by atoms with Crippen LogP contribution in [0.15, 0.2) is 48.5 Å². The Morgan fingerprint density at radius 3 is 2.29 bits per heavy atom. The summed E-state index contributed by atoms with van der Waals surface area (Å²) in [5.41, 5.74) is 3.80. The van der Waals surface area contributed by atoms with Crippen molar-refractivity contribution in [2.45, 2.75) is 0 Å². The molecule has 0 atom stereocenters. The molecule has 2 heterocycles. The standard InChI is InChI=1S/C19H23ClN4/c20-16-5-7-17(8-6-16)24-14-13-23(15-22-11-9-21-10-12-22)18-3-1-2-4-19(18)24/h1-8,21H,9-15H2. The van der Waals surface area contributed by atoms with Gasteiger partial charge < -0.3 is 15.1 Å². The minimum absolute atomic E-state index is 0.782. The van der Waals surface area contributed by atoms with Crippen LogP contribution in [0.2, 0.25) is 5.02 Å². The van der Waals surface area contributed by atoms with Crippen molar-refractivity contribution in [3.05, 3.63) is 53.6 Å². The molecule has 0 amide bonds. The minimum atomic E-state index is 0.782. The van der Waals surface area contributed by atoms with Crippen molar-refractivity contribution in [2.75, 3.05) is 55.7 Å². The minimum Gasteiger partial charge on any atom is -0.355 e. The largest absolute Gasteiger partial charge is 0.355 e. The molecule has 1 N–H and O–H groups in total. The summed E-state index contributed by atoms with van der Waals surface area (Å²) in [5.74, 6) is 0. The first-order valence-corrected chi connectivity index (χ1v) is 8.99. The van der Waals surface area contributed by atoms with Crippen LogP contribution < -0.4 is 15.1 Å². The van der Waals surface area contributed by atoms with Crippen LogP contribution in [-0.2, 0) is 0 Å². The lowest BCUT2D eigenvalue weighted by Crippen LogP contribution is -2.50. The number of hydrogen-bond acceptors (Lipinski definition) is 4. The van der Waals surface area contributed by atoms with E-state index < -0.39 is 0 Å². The smallest absolute Gasteiger partial charge is 0.0709 e. The highest BCUT2D eigenvalue weighted by atomic mass is 35.5. The number of para-hydroxylation sites is 2. The number of rotatable bonds is 3. The first-order chi connectivity index (χ1) is 11.8. The monoisotopic (exact) mass is 342 g/mol. The van der Waals surface area contributed by atoms with Gasteiger partial charge in [0.15, 0.2) is 0 Å². The number of nitrogens with one attached hydrogen (secondary N) is 1. The fourth-order valence-corrected chi connectivity index (χ4v) is 3.68. The number of benzene rings is 2. The molecule has 0 unspecified atom stereocenters. The Morgan fingerprint density at radius 2 is 1.54 bits per heavy atom. The quantitative estimate of drug-likeness (QED) is 0.924. The lowest BCUT2D eigenvalue weighted by Gasteiger charge is -2.41. The molecule has 2 aromatic rings. The summed E-state index contributed by atoms with van der Waals surface area (Å²) in [6, 6.07) is 16.8. The van der Waals surface area contributed by atoms with Gasteiger partial charge in [-0.2, -0.15) is 0 Å². The Kier molecular flexibility index (Phi) is 4.60. The fourth-order valence-electron chi connectivity index (χ4n) is 3.55. The van der Waals surface area contributed by atoms with Gasteiger partial charge in [-0.3, -0.25) is 4.90 Å². The highest BCUT2D eigenvalue weighted by Gasteiger charge is 2.24. The Morgan fingerprint density at radius 1 is 0.833 bits per heavy atom. The molecule has 1 saturated heterocycles. The molecule has 0 spiro atoms. The van der Waals surface area contributed by atoms with Gasteiger partial charge in [-0.05, 0) is 36.4 Å². The normalized spacial score (nSPS) is 18.5. The molecule has 2 aliphatic heterocycles. The number of piperazine rings is 1. The second-order valence-corrected chi connectivity index (χ2v) is 6.83. The van der Waals surface area contributed by atoms with E-state index >= 15 is 0 Å². The number of halogens is 1. The summed E-state index contributed by atoms with van der Waals surface area (Å²) in [5, 5.41) is 4.21. The summed E-state index contributed by atoms with van der Waals surface area (Å²) in [6.45, 7) is 7.46. The van der Waals surface area contributed by atoms with Gasteiger partial charge in [0.25, 0.3) is 0 Å². The number of fused-ring (bicyclic) bond motifs is 1. The predicted octanol–water partition coefficient (Wildman–Crippen LogP) is 3.16. The van der Waals surface area contributed by atoms with E-state index in [0.29, 0.717) is 0 Å². The maximum Gasteiger partial charge on any atom is 0.0709 e. The van der Waals surface area contributed by atoms with E-state index in [1.165, 1.54) is 17.1 Å². The topological polar surface area (TPSA) is 21.8 Å². The molecule has 5 heteroatoms. The summed E-state index contributed by atoms with van der Waals surface area (Å²) in [4.78, 5) is 7.43. The molecule has 1 fully saturated rings. The van der Waals surface area contributed by atoms with Crippen molar-refractivity contribution in [3.8, 4) is 0 Å². The third-order valence-corrected chi connectivity index (χ3v) is 5.08. The molecule has 0 saturated carbocycles. The van der Waals surface area contributed by atoms with Crippen LogP contribution in [0.4, 0.5) is 17.1 Å². The molecule has 4 nitrogen and oxygen atoms in total. The second-order valence-electron chi connectivity index (χ2n) is 6.39. The Bertz CT molecular complexity index is 682. The molecule has 0 aliphatic carbocycles. The molecular weight excluding hydrogens is 320 g/mol. The lowest BCUT2D eigenvalue weighted by atomic mass is 10.1. The van der Waals surface area contributed by atoms with Gasteiger partial charge >= 0.3 is 0 Å². The molecule has 0 radical (unpaired) electrons. The van der Waals surface area contributed by atoms with Gasteiger partial charge in [0, 0.05) is 50.0 Å². The summed E-state index contributed by atoms with van der Waals surface area (Å²) in [7, 11) is 0. The van der Waals surface area contributed by atoms with Gasteiger partial charge in [-0.15, -0.1) is 0 Å². The molecule has 4 rings (SSSR count). The lowest BCUT2D eigenvalue weighted by molar-refractivity contribution is 0.240. The van der Waals surface area contributed by atoms with Crippen LogP contribution in [0, 0.1) is 0 Å². The highest BCUT2D eigenvalue weighted by Crippen LogP contribution is 2.37. The maximum absolute atomic E-state index is 6.05. The second kappa shape index (κ2) is 7.01. The van der Waals surface area contributed by atoms with Crippen molar-refractivity contribution in [1.82, 2.24) is 10.2 Å². The van der Waals surface area contributed by atoms with E-state index in [-0.39, 0.29) is 0 Å². The van der Waals surface area contributed by atoms with Gasteiger partial charge in [-0.1, -0.05) is 23.7 Å². The number of anilines is 3. The predicted molar refractivity (Wildman–Crippen MR) is 102 cm³/mol. The third-order valence-electron chi connectivity index (χ3n) is 4.83. The van der Waals surface area contributed by atoms with E-state index in [2.05, 4.69) is 56.4 Å². The van der Waals surface area contributed by atoms with Gasteiger partial charge in [0.2, 0.25) is 0 Å². The number of hydrogen-bond donors (Lipinski definition) is 1. The molecule has 24 heavy (non-hydrogen) atoms. The molecule has 2 aliphatic rings. The molecular formula is C19H23ClN4. The van der Waals surface area contributed by atoms with Crippen LogP contribution in [0.1, 0.15) is 0 Å². The van der Waals surface area contributed by atoms with Crippen molar-refractivity contribution >= 4 is 28.7 Å². The van der Waals surface area contributed by atoms with Gasteiger partial charge in [0.1, 0.15) is 0 Å². The number of nitrogens with zero attached hydrogens (tertiary/aromatic N) is 3. The summed E-state index contributed by atoms with van der Waals surface area (Å²) >= 11 is 6.05. The zero-order chi connectivity index (χ0) is 16.4. The van der Waals surface area contributed by atoms with E-state index in [4.69, 9.17) is 11.6 Å². The molecule has 0 aromatic heterocycles. The average molecular weight is 343 g/mol. The first kappa shape index (κ1) is 15.8. The Balaban J connectivity index is 1.59. The van der Waals surface area contributed by atoms with E-state index in [1.807, 2.05) is 12.1 Å². The molecule has 126 valence electrons. The van der Waals surface area contributed by atoms with Crippen molar-refractivity contribution in [1.29, 1.82) is 0 Å². The zero-order valence-corrected chi connectivity index (χ0v) is 14.5. The SMILES string of the molecule is Clc1ccc(N2CCN(CN3CCNCC3)c3ccccc32)cc1. The molecule has 2 aromatic carbocycles. The summed E-state index contributed by atoms with van der Waals surface area (Å²) < 4.78 is 0. The zero-order valence-electron chi connectivity index (χ0n) is 13.8. The third kappa shape index (κ3) is 3.22. The van der Waals surface area contributed by atoms with Crippen LogP contribution >= 0.6 is 11.6 Å². The van der Waals surface area contributed by atoms with Gasteiger partial charge in [-0.25, -0.2) is 0 Å². The average Bonchev–Trinajstić information content (AvgIpc) is 2.64. The van der Waals surface area contributed by atoms with Crippen molar-refractivity contribution < 1.29 is 0 Å². The van der Waals surface area contributed by atoms with Crippen LogP contribution in [0.25, 0.3) is 0 Å². The van der Waals surface area contributed by atoms with Crippen LogP contribution in [-0.4, -0.2) is 50.8 Å².